The van der Waals surface area contributed by atoms with Gasteiger partial charge in [-0.2, -0.15) is 0 Å². The number of methoxy groups -OCH3 is 1. The smallest absolute Gasteiger partial charge is 0.251 e. The molecule has 23 heavy (non-hydrogen) atoms. The maximum Gasteiger partial charge on any atom is 0.251 e. The molecule has 0 saturated carbocycles. The van der Waals surface area contributed by atoms with Crippen molar-refractivity contribution in [3.63, 3.8) is 0 Å². The highest BCUT2D eigenvalue weighted by Crippen LogP contribution is 2.40. The number of benzene rings is 1. The van der Waals surface area contributed by atoms with Gasteiger partial charge in [-0.15, -0.1) is 12.4 Å². The minimum Gasteiger partial charge on any atom is -0.493 e. The van der Waals surface area contributed by atoms with E-state index in [2.05, 4.69) is 17.6 Å². The molecule has 2 aliphatic heterocycles. The lowest BCUT2D eigenvalue weighted by Crippen LogP contribution is -2.46. The molecule has 0 bridgehead atoms. The van der Waals surface area contributed by atoms with E-state index in [1.165, 1.54) is 0 Å². The number of rotatable bonds is 3. The van der Waals surface area contributed by atoms with Crippen LogP contribution in [0, 0.1) is 0 Å². The molecule has 2 aliphatic rings. The zero-order chi connectivity index (χ0) is 15.5. The van der Waals surface area contributed by atoms with Crippen LogP contribution in [0.25, 0.3) is 0 Å². The number of nitrogens with one attached hydrogen (secondary N) is 2. The van der Waals surface area contributed by atoms with Gasteiger partial charge in [-0.05, 0) is 38.4 Å². The molecule has 0 radical (unpaired) electrons. The lowest BCUT2D eigenvalue weighted by Gasteiger charge is -2.29. The Morgan fingerprint density at radius 3 is 2.87 bits per heavy atom. The van der Waals surface area contributed by atoms with Gasteiger partial charge in [-0.25, -0.2) is 0 Å². The summed E-state index contributed by atoms with van der Waals surface area (Å²) in [7, 11) is 1.56. The predicted molar refractivity (Wildman–Crippen MR) is 89.2 cm³/mol. The van der Waals surface area contributed by atoms with Crippen molar-refractivity contribution in [1.82, 2.24) is 10.6 Å². The normalized spacial score (nSPS) is 22.7. The summed E-state index contributed by atoms with van der Waals surface area (Å²) in [5.41, 5.74) is 0.535. The molecule has 2 N–H and O–H groups in total. The van der Waals surface area contributed by atoms with Crippen LogP contribution in [-0.4, -0.2) is 44.9 Å². The number of fused-ring (bicyclic) bond motifs is 1. The van der Waals surface area contributed by atoms with Gasteiger partial charge in [0.2, 0.25) is 5.75 Å². The van der Waals surface area contributed by atoms with Crippen LogP contribution < -0.4 is 24.8 Å². The van der Waals surface area contributed by atoms with E-state index in [1.807, 2.05) is 0 Å². The number of halogens is 1. The van der Waals surface area contributed by atoms with Gasteiger partial charge in [0.1, 0.15) is 13.2 Å². The van der Waals surface area contributed by atoms with Crippen LogP contribution in [0.15, 0.2) is 12.1 Å². The maximum atomic E-state index is 12.5. The van der Waals surface area contributed by atoms with Crippen LogP contribution >= 0.6 is 12.4 Å². The van der Waals surface area contributed by atoms with Crippen LogP contribution in [-0.2, 0) is 0 Å². The van der Waals surface area contributed by atoms with Gasteiger partial charge in [0.25, 0.3) is 5.91 Å². The Hall–Kier alpha value is -1.66. The van der Waals surface area contributed by atoms with Crippen molar-refractivity contribution in [2.24, 2.45) is 0 Å². The number of hydrogen-bond acceptors (Lipinski definition) is 5. The van der Waals surface area contributed by atoms with Gasteiger partial charge in [0.15, 0.2) is 11.5 Å². The van der Waals surface area contributed by atoms with Crippen molar-refractivity contribution >= 4 is 18.3 Å². The summed E-state index contributed by atoms with van der Waals surface area (Å²) in [5.74, 6) is 1.56. The third kappa shape index (κ3) is 4.00. The second kappa shape index (κ2) is 7.75. The van der Waals surface area contributed by atoms with Crippen molar-refractivity contribution < 1.29 is 19.0 Å². The van der Waals surface area contributed by atoms with Crippen LogP contribution in [0.4, 0.5) is 0 Å². The monoisotopic (exact) mass is 342 g/mol. The van der Waals surface area contributed by atoms with Gasteiger partial charge in [0.05, 0.1) is 7.11 Å². The minimum absolute atomic E-state index is 0. The molecule has 7 heteroatoms. The van der Waals surface area contributed by atoms with Gasteiger partial charge >= 0.3 is 0 Å². The van der Waals surface area contributed by atoms with Crippen molar-refractivity contribution in [2.45, 2.75) is 31.8 Å². The van der Waals surface area contributed by atoms with Crippen LogP contribution in [0.5, 0.6) is 17.2 Å². The SMILES string of the molecule is COc1cc(C(=O)NC2CCNC(C)C2)cc2c1OCCO2.Cl. The third-order valence-electron chi connectivity index (χ3n) is 4.05. The highest BCUT2D eigenvalue weighted by molar-refractivity contribution is 5.95. The number of ether oxygens (including phenoxy) is 3. The van der Waals surface area contributed by atoms with Crippen molar-refractivity contribution in [3.8, 4) is 17.2 Å². The van der Waals surface area contributed by atoms with E-state index < -0.39 is 0 Å². The van der Waals surface area contributed by atoms with Crippen molar-refractivity contribution in [1.29, 1.82) is 0 Å². The number of carbonyl (C=O) groups is 1. The third-order valence-corrected chi connectivity index (χ3v) is 4.05. The second-order valence-corrected chi connectivity index (χ2v) is 5.75. The molecule has 1 fully saturated rings. The highest BCUT2D eigenvalue weighted by Gasteiger charge is 2.24. The molecule has 0 spiro atoms. The fourth-order valence-corrected chi connectivity index (χ4v) is 2.94. The van der Waals surface area contributed by atoms with Crippen LogP contribution in [0.1, 0.15) is 30.1 Å². The van der Waals surface area contributed by atoms with Gasteiger partial charge in [-0.1, -0.05) is 0 Å². The minimum atomic E-state index is -0.102. The van der Waals surface area contributed by atoms with E-state index >= 15 is 0 Å². The molecule has 6 nitrogen and oxygen atoms in total. The Labute approximate surface area is 142 Å². The molecule has 0 aromatic heterocycles. The fourth-order valence-electron chi connectivity index (χ4n) is 2.94. The van der Waals surface area contributed by atoms with Gasteiger partial charge < -0.3 is 24.8 Å². The molecule has 1 amide bonds. The van der Waals surface area contributed by atoms with Crippen LogP contribution in [0.3, 0.4) is 0 Å². The zero-order valence-electron chi connectivity index (χ0n) is 13.4. The van der Waals surface area contributed by atoms with E-state index in [0.29, 0.717) is 42.1 Å². The summed E-state index contributed by atoms with van der Waals surface area (Å²) >= 11 is 0. The van der Waals surface area contributed by atoms with E-state index in [-0.39, 0.29) is 24.4 Å². The average molecular weight is 343 g/mol. The second-order valence-electron chi connectivity index (χ2n) is 5.75. The number of amides is 1. The fraction of sp³-hybridized carbons (Fsp3) is 0.562. The standard InChI is InChI=1S/C16H22N2O4.ClH/c1-10-7-12(3-4-17-10)18-16(19)11-8-13(20-2)15-14(9-11)21-5-6-22-15;/h8-10,12,17H,3-7H2,1-2H3,(H,18,19);1H. The number of carbonyl (C=O) groups excluding carboxylic acids is 1. The molecule has 1 aromatic rings. The predicted octanol–water partition coefficient (Wildman–Crippen LogP) is 1.76. The summed E-state index contributed by atoms with van der Waals surface area (Å²) in [5, 5.41) is 6.47. The number of piperidine rings is 1. The van der Waals surface area contributed by atoms with E-state index in [1.54, 1.807) is 19.2 Å². The summed E-state index contributed by atoms with van der Waals surface area (Å²) in [6.07, 6.45) is 1.88. The Kier molecular flexibility index (Phi) is 5.96. The van der Waals surface area contributed by atoms with Gasteiger partial charge in [0, 0.05) is 17.6 Å². The lowest BCUT2D eigenvalue weighted by atomic mass is 10.00. The quantitative estimate of drug-likeness (QED) is 0.876. The van der Waals surface area contributed by atoms with Crippen molar-refractivity contribution in [3.05, 3.63) is 17.7 Å². The summed E-state index contributed by atoms with van der Waals surface area (Å²) in [4.78, 5) is 12.5. The first-order valence-corrected chi connectivity index (χ1v) is 7.69. The topological polar surface area (TPSA) is 68.8 Å². The number of hydrogen-bond donors (Lipinski definition) is 2. The first-order chi connectivity index (χ1) is 10.7. The highest BCUT2D eigenvalue weighted by atomic mass is 35.5. The van der Waals surface area contributed by atoms with Crippen molar-refractivity contribution in [2.75, 3.05) is 26.9 Å². The molecule has 1 aromatic carbocycles. The molecule has 128 valence electrons. The van der Waals surface area contributed by atoms with E-state index in [4.69, 9.17) is 14.2 Å². The first kappa shape index (κ1) is 17.7. The molecule has 0 aliphatic carbocycles. The molecular formula is C16H23ClN2O4. The zero-order valence-corrected chi connectivity index (χ0v) is 14.2. The molecule has 3 rings (SSSR count). The molecule has 1 saturated heterocycles. The summed E-state index contributed by atoms with van der Waals surface area (Å²) in [6.45, 7) is 4.02. The Morgan fingerprint density at radius 1 is 1.35 bits per heavy atom. The van der Waals surface area contributed by atoms with E-state index in [0.717, 1.165) is 19.4 Å². The molecule has 2 unspecified atom stereocenters. The molecular weight excluding hydrogens is 320 g/mol. The van der Waals surface area contributed by atoms with Gasteiger partial charge in [-0.3, -0.25) is 4.79 Å². The Morgan fingerprint density at radius 2 is 2.13 bits per heavy atom. The molecule has 2 atom stereocenters. The lowest BCUT2D eigenvalue weighted by molar-refractivity contribution is 0.0923. The first-order valence-electron chi connectivity index (χ1n) is 7.69. The largest absolute Gasteiger partial charge is 0.493 e. The summed E-state index contributed by atoms with van der Waals surface area (Å²) < 4.78 is 16.4. The summed E-state index contributed by atoms with van der Waals surface area (Å²) in [6, 6.07) is 4.04. The Bertz CT molecular complexity index is 550. The average Bonchev–Trinajstić information content (AvgIpc) is 2.53. The van der Waals surface area contributed by atoms with E-state index in [9.17, 15) is 4.79 Å². The molecule has 2 heterocycles. The maximum absolute atomic E-state index is 12.5. The Balaban J connectivity index is 0.00000192. The van der Waals surface area contributed by atoms with Crippen LogP contribution in [0.2, 0.25) is 0 Å².